The first-order valence-electron chi connectivity index (χ1n) is 11.5. The minimum Gasteiger partial charge on any atom is -0.493 e. The molecule has 2 aromatic carbocycles. The molecule has 0 unspecified atom stereocenters. The van der Waals surface area contributed by atoms with E-state index in [1.165, 1.54) is 0 Å². The maximum absolute atomic E-state index is 12.8. The SMILES string of the molecule is CCOc1ccc(/C=C/C(=O)N2CCC3(CC2)CC(=O)c2ccc(C)c(C)c2O3)cc1OC. The first-order chi connectivity index (χ1) is 15.9. The standard InChI is InChI=1S/C27H31NO5/c1-5-32-23-10-7-20(16-24(23)31-4)8-11-25(30)28-14-12-27(13-15-28)17-22(29)21-9-6-18(2)19(3)26(21)33-27/h6-11,16H,5,12-15,17H2,1-4H3/b11-8+. The number of likely N-dealkylation sites (tertiary alicyclic amines) is 1. The molecule has 174 valence electrons. The summed E-state index contributed by atoms with van der Waals surface area (Å²) in [6.45, 7) is 7.62. The van der Waals surface area contributed by atoms with Gasteiger partial charge in [0.15, 0.2) is 17.3 Å². The molecule has 1 fully saturated rings. The van der Waals surface area contributed by atoms with E-state index in [1.807, 2.05) is 56.0 Å². The Morgan fingerprint density at radius 1 is 1.15 bits per heavy atom. The highest BCUT2D eigenvalue weighted by molar-refractivity contribution is 6.01. The van der Waals surface area contributed by atoms with Gasteiger partial charge in [-0.3, -0.25) is 9.59 Å². The lowest BCUT2D eigenvalue weighted by atomic mass is 9.81. The van der Waals surface area contributed by atoms with Crippen LogP contribution >= 0.6 is 0 Å². The van der Waals surface area contributed by atoms with Crippen LogP contribution in [0.3, 0.4) is 0 Å². The van der Waals surface area contributed by atoms with Crippen LogP contribution in [-0.2, 0) is 4.79 Å². The molecule has 0 aromatic heterocycles. The molecule has 6 nitrogen and oxygen atoms in total. The average molecular weight is 450 g/mol. The summed E-state index contributed by atoms with van der Waals surface area (Å²) in [4.78, 5) is 27.4. The van der Waals surface area contributed by atoms with Crippen molar-refractivity contribution in [2.24, 2.45) is 0 Å². The van der Waals surface area contributed by atoms with Gasteiger partial charge in [-0.25, -0.2) is 0 Å². The van der Waals surface area contributed by atoms with Crippen molar-refractivity contribution in [1.29, 1.82) is 0 Å². The average Bonchev–Trinajstić information content (AvgIpc) is 2.81. The summed E-state index contributed by atoms with van der Waals surface area (Å²) in [7, 11) is 1.60. The van der Waals surface area contributed by atoms with Crippen LogP contribution in [0.1, 0.15) is 53.2 Å². The normalized spacial score (nSPS) is 17.1. The lowest BCUT2D eigenvalue weighted by molar-refractivity contribution is -0.129. The molecule has 2 aromatic rings. The number of nitrogens with zero attached hydrogens (tertiary/aromatic N) is 1. The second kappa shape index (κ2) is 9.30. The smallest absolute Gasteiger partial charge is 0.246 e. The summed E-state index contributed by atoms with van der Waals surface area (Å²) in [6, 6.07) is 9.43. The quantitative estimate of drug-likeness (QED) is 0.617. The number of ketones is 1. The molecular weight excluding hydrogens is 418 g/mol. The molecule has 0 N–H and O–H groups in total. The number of carbonyl (C=O) groups excluding carboxylic acids is 2. The Morgan fingerprint density at radius 2 is 1.91 bits per heavy atom. The molecule has 33 heavy (non-hydrogen) atoms. The summed E-state index contributed by atoms with van der Waals surface area (Å²) in [6.07, 6.45) is 5.02. The third-order valence-corrected chi connectivity index (χ3v) is 6.67. The molecule has 4 rings (SSSR count). The monoisotopic (exact) mass is 449 g/mol. The number of ether oxygens (including phenoxy) is 3. The summed E-state index contributed by atoms with van der Waals surface area (Å²) in [5.74, 6) is 2.11. The fourth-order valence-corrected chi connectivity index (χ4v) is 4.53. The fraction of sp³-hybridized carbons (Fsp3) is 0.407. The third kappa shape index (κ3) is 4.61. The zero-order valence-corrected chi connectivity index (χ0v) is 19.8. The van der Waals surface area contributed by atoms with Gasteiger partial charge >= 0.3 is 0 Å². The van der Waals surface area contributed by atoms with Crippen molar-refractivity contribution < 1.29 is 23.8 Å². The number of benzene rings is 2. The van der Waals surface area contributed by atoms with E-state index in [9.17, 15) is 9.59 Å². The zero-order valence-electron chi connectivity index (χ0n) is 19.8. The summed E-state index contributed by atoms with van der Waals surface area (Å²) in [5.41, 5.74) is 3.15. The number of amides is 1. The molecule has 2 heterocycles. The maximum atomic E-state index is 12.8. The van der Waals surface area contributed by atoms with E-state index in [1.54, 1.807) is 19.3 Å². The fourth-order valence-electron chi connectivity index (χ4n) is 4.53. The van der Waals surface area contributed by atoms with Crippen LogP contribution in [0.4, 0.5) is 0 Å². The van der Waals surface area contributed by atoms with Gasteiger partial charge in [-0.1, -0.05) is 12.1 Å². The van der Waals surface area contributed by atoms with E-state index >= 15 is 0 Å². The van der Waals surface area contributed by atoms with Gasteiger partial charge in [0.1, 0.15) is 11.4 Å². The molecule has 0 saturated carbocycles. The Hall–Kier alpha value is -3.28. The van der Waals surface area contributed by atoms with Crippen molar-refractivity contribution in [2.45, 2.75) is 45.6 Å². The van der Waals surface area contributed by atoms with Crippen LogP contribution in [0.25, 0.3) is 6.08 Å². The van der Waals surface area contributed by atoms with Gasteiger partial charge < -0.3 is 19.1 Å². The van der Waals surface area contributed by atoms with Crippen LogP contribution in [0.5, 0.6) is 17.2 Å². The minimum absolute atomic E-state index is 0.0488. The molecule has 0 atom stereocenters. The van der Waals surface area contributed by atoms with Gasteiger partial charge in [0.05, 0.1) is 25.7 Å². The van der Waals surface area contributed by atoms with Gasteiger partial charge in [0.2, 0.25) is 5.91 Å². The van der Waals surface area contributed by atoms with Crippen LogP contribution in [0, 0.1) is 13.8 Å². The number of methoxy groups -OCH3 is 1. The zero-order chi connectivity index (χ0) is 23.6. The highest BCUT2D eigenvalue weighted by atomic mass is 16.5. The second-order valence-corrected chi connectivity index (χ2v) is 8.77. The van der Waals surface area contributed by atoms with E-state index in [0.29, 0.717) is 56.0 Å². The van der Waals surface area contributed by atoms with Crippen LogP contribution in [0.2, 0.25) is 0 Å². The molecule has 2 aliphatic heterocycles. The highest BCUT2D eigenvalue weighted by Gasteiger charge is 2.44. The second-order valence-electron chi connectivity index (χ2n) is 8.77. The molecule has 2 aliphatic rings. The van der Waals surface area contributed by atoms with E-state index in [2.05, 4.69) is 0 Å². The van der Waals surface area contributed by atoms with E-state index in [4.69, 9.17) is 14.2 Å². The largest absolute Gasteiger partial charge is 0.493 e. The van der Waals surface area contributed by atoms with Gasteiger partial charge in [-0.15, -0.1) is 0 Å². The number of Topliss-reactive ketones (excluding diaryl/α,β-unsaturated/α-hetero) is 1. The molecule has 1 saturated heterocycles. The summed E-state index contributed by atoms with van der Waals surface area (Å²) in [5, 5.41) is 0. The predicted octanol–water partition coefficient (Wildman–Crippen LogP) is 4.75. The molecule has 0 radical (unpaired) electrons. The van der Waals surface area contributed by atoms with E-state index in [0.717, 1.165) is 22.4 Å². The lowest BCUT2D eigenvalue weighted by Gasteiger charge is -2.44. The molecule has 6 heteroatoms. The molecule has 1 amide bonds. The van der Waals surface area contributed by atoms with Crippen molar-refractivity contribution in [2.75, 3.05) is 26.8 Å². The van der Waals surface area contributed by atoms with Crippen molar-refractivity contribution >= 4 is 17.8 Å². The predicted molar refractivity (Wildman–Crippen MR) is 127 cm³/mol. The van der Waals surface area contributed by atoms with Crippen molar-refractivity contribution in [3.05, 3.63) is 58.7 Å². The summed E-state index contributed by atoms with van der Waals surface area (Å²) >= 11 is 0. The molecule has 0 aliphatic carbocycles. The van der Waals surface area contributed by atoms with Gasteiger partial charge in [0.25, 0.3) is 0 Å². The van der Waals surface area contributed by atoms with Crippen molar-refractivity contribution in [1.82, 2.24) is 4.90 Å². The Labute approximate surface area is 195 Å². The topological polar surface area (TPSA) is 65.1 Å². The minimum atomic E-state index is -0.522. The van der Waals surface area contributed by atoms with Crippen LogP contribution in [0.15, 0.2) is 36.4 Å². The summed E-state index contributed by atoms with van der Waals surface area (Å²) < 4.78 is 17.4. The maximum Gasteiger partial charge on any atom is 0.246 e. The number of hydrogen-bond donors (Lipinski definition) is 0. The highest BCUT2D eigenvalue weighted by Crippen LogP contribution is 2.41. The van der Waals surface area contributed by atoms with E-state index in [-0.39, 0.29) is 11.7 Å². The van der Waals surface area contributed by atoms with E-state index < -0.39 is 5.60 Å². The van der Waals surface area contributed by atoms with Gasteiger partial charge in [0, 0.05) is 32.0 Å². The third-order valence-electron chi connectivity index (χ3n) is 6.67. The Balaban J connectivity index is 1.41. The van der Waals surface area contributed by atoms with Crippen LogP contribution < -0.4 is 14.2 Å². The number of rotatable bonds is 5. The number of carbonyl (C=O) groups is 2. The lowest BCUT2D eigenvalue weighted by Crippen LogP contribution is -2.52. The van der Waals surface area contributed by atoms with Gasteiger partial charge in [-0.05, 0) is 61.7 Å². The Kier molecular flexibility index (Phi) is 6.45. The number of aryl methyl sites for hydroxylation is 1. The molecule has 0 bridgehead atoms. The van der Waals surface area contributed by atoms with Crippen molar-refractivity contribution in [3.63, 3.8) is 0 Å². The Morgan fingerprint density at radius 3 is 2.61 bits per heavy atom. The first kappa shape index (κ1) is 22.9. The van der Waals surface area contributed by atoms with Crippen molar-refractivity contribution in [3.8, 4) is 17.2 Å². The number of piperidine rings is 1. The number of hydrogen-bond acceptors (Lipinski definition) is 5. The first-order valence-corrected chi connectivity index (χ1v) is 11.5. The number of fused-ring (bicyclic) bond motifs is 1. The molecular formula is C27H31NO5. The van der Waals surface area contributed by atoms with Gasteiger partial charge in [-0.2, -0.15) is 0 Å². The van der Waals surface area contributed by atoms with Crippen LogP contribution in [-0.4, -0.2) is 49.0 Å². The molecule has 1 spiro atoms. The Bertz CT molecular complexity index is 1100.